The highest BCUT2D eigenvalue weighted by molar-refractivity contribution is 7.98. The van der Waals surface area contributed by atoms with Gasteiger partial charge in [0.25, 0.3) is 0 Å². The van der Waals surface area contributed by atoms with Crippen LogP contribution in [0.1, 0.15) is 35.7 Å². The van der Waals surface area contributed by atoms with E-state index >= 15 is 0 Å². The maximum atomic E-state index is 14.8. The van der Waals surface area contributed by atoms with Crippen molar-refractivity contribution in [2.45, 2.75) is 24.2 Å². The summed E-state index contributed by atoms with van der Waals surface area (Å²) in [5.74, 6) is 0.930. The molecule has 0 saturated carbocycles. The molecule has 0 bridgehead atoms. The number of nitrogens with one attached hydrogen (secondary N) is 1. The van der Waals surface area contributed by atoms with Gasteiger partial charge in [0.1, 0.15) is 11.9 Å². The maximum Gasteiger partial charge on any atom is 0.326 e. The Morgan fingerprint density at radius 3 is 2.17 bits per heavy atom. The van der Waals surface area contributed by atoms with Crippen molar-refractivity contribution in [3.8, 4) is 5.88 Å². The van der Waals surface area contributed by atoms with E-state index in [9.17, 15) is 9.59 Å². The third-order valence-electron chi connectivity index (χ3n) is 8.60. The Morgan fingerprint density at radius 1 is 0.915 bits per heavy atom. The minimum atomic E-state index is -0.502. The summed E-state index contributed by atoms with van der Waals surface area (Å²) in [4.78, 5) is 49.8. The van der Waals surface area contributed by atoms with Crippen molar-refractivity contribution in [3.05, 3.63) is 81.5 Å². The first-order valence-electron chi connectivity index (χ1n) is 15.8. The van der Waals surface area contributed by atoms with Crippen LogP contribution in [-0.4, -0.2) is 119 Å². The van der Waals surface area contributed by atoms with E-state index in [0.29, 0.717) is 71.8 Å². The van der Waals surface area contributed by atoms with Gasteiger partial charge in [-0.2, -0.15) is 4.98 Å². The molecule has 1 N–H and O–H groups in total. The van der Waals surface area contributed by atoms with Gasteiger partial charge in [0.15, 0.2) is 5.16 Å². The molecule has 3 aliphatic heterocycles. The zero-order valence-corrected chi connectivity index (χ0v) is 28.8. The largest absolute Gasteiger partial charge is 0.477 e. The summed E-state index contributed by atoms with van der Waals surface area (Å²) in [7, 11) is 0. The first-order chi connectivity index (χ1) is 22.9. The number of halogens is 2. The smallest absolute Gasteiger partial charge is 0.326 e. The van der Waals surface area contributed by atoms with Gasteiger partial charge in [-0.15, -0.1) is 0 Å². The molecule has 2 fully saturated rings. The number of amides is 3. The van der Waals surface area contributed by atoms with Gasteiger partial charge in [0.2, 0.25) is 11.8 Å². The summed E-state index contributed by atoms with van der Waals surface area (Å²) in [5.41, 5.74) is 2.31. The molecule has 4 heterocycles. The zero-order chi connectivity index (χ0) is 32.9. The van der Waals surface area contributed by atoms with Gasteiger partial charge >= 0.3 is 6.03 Å². The zero-order valence-electron chi connectivity index (χ0n) is 26.4. The van der Waals surface area contributed by atoms with E-state index in [2.05, 4.69) is 20.2 Å². The van der Waals surface area contributed by atoms with Crippen molar-refractivity contribution in [2.24, 2.45) is 4.99 Å². The highest BCUT2D eigenvalue weighted by atomic mass is 35.5. The molecule has 6 rings (SSSR count). The van der Waals surface area contributed by atoms with Crippen molar-refractivity contribution in [1.29, 1.82) is 0 Å². The minimum absolute atomic E-state index is 0.131. The van der Waals surface area contributed by atoms with Crippen LogP contribution in [0.4, 0.5) is 4.79 Å². The molecule has 0 spiro atoms. The number of thioether (sulfide) groups is 1. The van der Waals surface area contributed by atoms with Crippen LogP contribution in [0.2, 0.25) is 10.0 Å². The fraction of sp³-hybridized carbons (Fsp3) is 0.424. The summed E-state index contributed by atoms with van der Waals surface area (Å²) in [5, 5.41) is 5.06. The fourth-order valence-corrected chi connectivity index (χ4v) is 6.74. The molecule has 0 aliphatic carbocycles. The molecule has 248 valence electrons. The molecular weight excluding hydrogens is 659 g/mol. The Kier molecular flexibility index (Phi) is 10.8. The normalized spacial score (nSPS) is 20.3. The third kappa shape index (κ3) is 7.52. The van der Waals surface area contributed by atoms with Gasteiger partial charge in [-0.25, -0.2) is 9.78 Å². The number of benzene rings is 2. The van der Waals surface area contributed by atoms with Gasteiger partial charge in [-0.1, -0.05) is 59.2 Å². The lowest BCUT2D eigenvalue weighted by molar-refractivity contribution is -0.133. The van der Waals surface area contributed by atoms with E-state index in [1.165, 1.54) is 11.8 Å². The van der Waals surface area contributed by atoms with Crippen LogP contribution < -0.4 is 10.1 Å². The molecular formula is C33H38Cl2N8O3S. The fourth-order valence-electron chi connectivity index (χ4n) is 6.16. The Hall–Kier alpha value is -3.42. The van der Waals surface area contributed by atoms with Crippen LogP contribution >= 0.6 is 35.0 Å². The number of ether oxygens (including phenoxy) is 1. The number of rotatable bonds is 8. The van der Waals surface area contributed by atoms with Crippen molar-refractivity contribution >= 4 is 52.7 Å². The number of carbonyl (C=O) groups is 2. The van der Waals surface area contributed by atoms with Crippen LogP contribution in [-0.2, 0) is 4.79 Å². The van der Waals surface area contributed by atoms with Gasteiger partial charge in [-0.3, -0.25) is 19.6 Å². The van der Waals surface area contributed by atoms with Crippen molar-refractivity contribution in [3.63, 3.8) is 0 Å². The summed E-state index contributed by atoms with van der Waals surface area (Å²) < 4.78 is 6.00. The van der Waals surface area contributed by atoms with Crippen molar-refractivity contribution in [1.82, 2.24) is 34.9 Å². The Morgan fingerprint density at radius 2 is 1.55 bits per heavy atom. The van der Waals surface area contributed by atoms with E-state index < -0.39 is 12.1 Å². The second-order valence-electron chi connectivity index (χ2n) is 11.5. The highest BCUT2D eigenvalue weighted by Gasteiger charge is 2.45. The lowest BCUT2D eigenvalue weighted by Crippen LogP contribution is -2.56. The second kappa shape index (κ2) is 15.2. The van der Waals surface area contributed by atoms with E-state index in [0.717, 1.165) is 37.3 Å². The Bertz CT molecular complexity index is 1600. The molecule has 47 heavy (non-hydrogen) atoms. The molecule has 3 aliphatic rings. The first-order valence-corrected chi connectivity index (χ1v) is 17.8. The number of piperazine rings is 2. The topological polar surface area (TPSA) is 106 Å². The molecule has 2 aromatic carbocycles. The number of urea groups is 1. The summed E-state index contributed by atoms with van der Waals surface area (Å²) in [6.07, 6.45) is 3.59. The standard InChI is InChI=1S/C33H38Cl2N8O3S/c1-3-46-31-26(20-37-32(39-31)47-2)30-38-28(22-4-8-24(34)9-5-22)29(23-6-10-25(35)11-7-23)43(30)33(45)42-18-16-40(17-19-42)21-27(44)41-14-12-36-13-15-41/h4-11,20,28-29,36H,3,12-19,21H2,1-2H3/t28-,29+/m0/s1. The van der Waals surface area contributed by atoms with Gasteiger partial charge in [0, 0.05) is 68.6 Å². The minimum Gasteiger partial charge on any atom is -0.477 e. The van der Waals surface area contributed by atoms with Gasteiger partial charge in [-0.05, 0) is 48.6 Å². The number of aromatic nitrogens is 2. The van der Waals surface area contributed by atoms with E-state index in [-0.39, 0.29) is 11.9 Å². The summed E-state index contributed by atoms with van der Waals surface area (Å²) in [6.45, 7) is 7.82. The Labute approximate surface area is 289 Å². The van der Waals surface area contributed by atoms with E-state index in [1.807, 2.05) is 71.5 Å². The number of hydrogen-bond acceptors (Lipinski definition) is 9. The van der Waals surface area contributed by atoms with Crippen LogP contribution in [0, 0.1) is 0 Å². The lowest BCUT2D eigenvalue weighted by Gasteiger charge is -2.39. The average Bonchev–Trinajstić information content (AvgIpc) is 3.49. The predicted molar refractivity (Wildman–Crippen MR) is 185 cm³/mol. The monoisotopic (exact) mass is 696 g/mol. The lowest BCUT2D eigenvalue weighted by atomic mass is 9.94. The van der Waals surface area contributed by atoms with E-state index in [4.69, 9.17) is 32.9 Å². The van der Waals surface area contributed by atoms with Gasteiger partial charge < -0.3 is 19.9 Å². The third-order valence-corrected chi connectivity index (χ3v) is 9.67. The average molecular weight is 698 g/mol. The predicted octanol–water partition coefficient (Wildman–Crippen LogP) is 4.62. The molecule has 3 amide bonds. The Balaban J connectivity index is 1.34. The molecule has 0 radical (unpaired) electrons. The summed E-state index contributed by atoms with van der Waals surface area (Å²) >= 11 is 14.0. The SMILES string of the molecule is CCOc1nc(SC)ncc1C1=N[C@@H](c2ccc(Cl)cc2)[C@@H](c2ccc(Cl)cc2)N1C(=O)N1CCN(CC(=O)N2CCNCC2)CC1. The molecule has 14 heteroatoms. The summed E-state index contributed by atoms with van der Waals surface area (Å²) in [6, 6.07) is 13.9. The van der Waals surface area contributed by atoms with Crippen molar-refractivity contribution < 1.29 is 14.3 Å². The molecule has 2 saturated heterocycles. The molecule has 3 aromatic rings. The van der Waals surface area contributed by atoms with Crippen LogP contribution in [0.5, 0.6) is 5.88 Å². The number of aliphatic imine (C=N–C) groups is 1. The molecule has 11 nitrogen and oxygen atoms in total. The quantitative estimate of drug-likeness (QED) is 0.269. The maximum absolute atomic E-state index is 14.8. The number of hydrogen-bond donors (Lipinski definition) is 1. The van der Waals surface area contributed by atoms with Gasteiger partial charge in [0.05, 0.1) is 24.8 Å². The van der Waals surface area contributed by atoms with Crippen LogP contribution in [0.25, 0.3) is 0 Å². The molecule has 0 unspecified atom stereocenters. The molecule has 2 atom stereocenters. The number of nitrogens with zero attached hydrogens (tertiary/aromatic N) is 7. The van der Waals surface area contributed by atoms with Crippen molar-refractivity contribution in [2.75, 3.05) is 71.8 Å². The second-order valence-corrected chi connectivity index (χ2v) is 13.1. The highest BCUT2D eigenvalue weighted by Crippen LogP contribution is 2.45. The number of amidine groups is 1. The molecule has 1 aromatic heterocycles. The van der Waals surface area contributed by atoms with Crippen LogP contribution in [0.15, 0.2) is 64.9 Å². The first kappa shape index (κ1) is 33.5. The number of carbonyl (C=O) groups excluding carboxylic acids is 2. The van der Waals surface area contributed by atoms with Crippen LogP contribution in [0.3, 0.4) is 0 Å². The van der Waals surface area contributed by atoms with E-state index in [1.54, 1.807) is 11.1 Å².